The first kappa shape index (κ1) is 16.6. The number of anilines is 2. The molecule has 0 spiro atoms. The Morgan fingerprint density at radius 3 is 2.09 bits per heavy atom. The second-order valence-corrected chi connectivity index (χ2v) is 6.20. The van der Waals surface area contributed by atoms with Crippen LogP contribution in [0.2, 0.25) is 0 Å². The van der Waals surface area contributed by atoms with Gasteiger partial charge in [-0.3, -0.25) is 0 Å². The molecule has 0 aliphatic heterocycles. The first-order valence-electron chi connectivity index (χ1n) is 8.63. The highest BCUT2D eigenvalue weighted by Gasteiger charge is 2.15. The number of hydrogen-bond acceptors (Lipinski definition) is 1. The molecule has 118 valence electrons. The van der Waals surface area contributed by atoms with Gasteiger partial charge in [0, 0.05) is 17.9 Å². The van der Waals surface area contributed by atoms with E-state index in [0.29, 0.717) is 0 Å². The van der Waals surface area contributed by atoms with Gasteiger partial charge < -0.3 is 4.90 Å². The SMILES string of the molecule is CCCCC(CC)CN(c1ccccc1)c1ccc(C)cc1. The third-order valence-corrected chi connectivity index (χ3v) is 4.40. The van der Waals surface area contributed by atoms with Gasteiger partial charge >= 0.3 is 0 Å². The van der Waals surface area contributed by atoms with Crippen molar-refractivity contribution in [3.05, 3.63) is 60.2 Å². The zero-order chi connectivity index (χ0) is 15.8. The van der Waals surface area contributed by atoms with Crippen LogP contribution in [0.3, 0.4) is 0 Å². The van der Waals surface area contributed by atoms with E-state index in [1.54, 1.807) is 0 Å². The first-order chi connectivity index (χ1) is 10.7. The molecule has 0 aliphatic rings. The third-order valence-electron chi connectivity index (χ3n) is 4.40. The van der Waals surface area contributed by atoms with Gasteiger partial charge in [-0.1, -0.05) is 69.0 Å². The van der Waals surface area contributed by atoms with Crippen LogP contribution in [0, 0.1) is 12.8 Å². The molecule has 2 aromatic rings. The topological polar surface area (TPSA) is 3.24 Å². The first-order valence-corrected chi connectivity index (χ1v) is 8.63. The number of rotatable bonds is 8. The highest BCUT2D eigenvalue weighted by molar-refractivity contribution is 5.63. The Hall–Kier alpha value is -1.76. The van der Waals surface area contributed by atoms with Crippen molar-refractivity contribution >= 4 is 11.4 Å². The summed E-state index contributed by atoms with van der Waals surface area (Å²) in [5.41, 5.74) is 3.91. The maximum atomic E-state index is 2.48. The molecule has 0 heterocycles. The lowest BCUT2D eigenvalue weighted by atomic mass is 9.98. The second kappa shape index (κ2) is 8.63. The molecule has 0 aliphatic carbocycles. The van der Waals surface area contributed by atoms with Gasteiger partial charge in [-0.15, -0.1) is 0 Å². The average Bonchev–Trinajstić information content (AvgIpc) is 2.57. The number of para-hydroxylation sites is 1. The van der Waals surface area contributed by atoms with E-state index in [0.717, 1.165) is 12.5 Å². The number of aryl methyl sites for hydroxylation is 1. The number of hydrogen-bond donors (Lipinski definition) is 0. The van der Waals surface area contributed by atoms with E-state index in [9.17, 15) is 0 Å². The Kier molecular flexibility index (Phi) is 6.51. The fourth-order valence-corrected chi connectivity index (χ4v) is 2.87. The molecule has 1 nitrogen and oxygen atoms in total. The van der Waals surface area contributed by atoms with Crippen LogP contribution in [-0.2, 0) is 0 Å². The molecular weight excluding hydrogens is 266 g/mol. The van der Waals surface area contributed by atoms with Crippen LogP contribution in [0.5, 0.6) is 0 Å². The smallest absolute Gasteiger partial charge is 0.0410 e. The van der Waals surface area contributed by atoms with E-state index in [1.807, 2.05) is 0 Å². The van der Waals surface area contributed by atoms with Gasteiger partial charge in [-0.2, -0.15) is 0 Å². The molecule has 0 saturated heterocycles. The standard InChI is InChI=1S/C21H29N/c1-4-6-10-19(5-2)17-22(20-11-8-7-9-12-20)21-15-13-18(3)14-16-21/h7-9,11-16,19H,4-6,10,17H2,1-3H3. The lowest BCUT2D eigenvalue weighted by Gasteiger charge is -2.29. The molecule has 0 N–H and O–H groups in total. The summed E-state index contributed by atoms with van der Waals surface area (Å²) in [4.78, 5) is 2.48. The highest BCUT2D eigenvalue weighted by Crippen LogP contribution is 2.28. The van der Waals surface area contributed by atoms with Crippen LogP contribution in [0.15, 0.2) is 54.6 Å². The largest absolute Gasteiger partial charge is 0.341 e. The molecule has 0 saturated carbocycles. The van der Waals surface area contributed by atoms with E-state index in [1.165, 1.54) is 42.6 Å². The summed E-state index contributed by atoms with van der Waals surface area (Å²) < 4.78 is 0. The second-order valence-electron chi connectivity index (χ2n) is 6.20. The average molecular weight is 295 g/mol. The van der Waals surface area contributed by atoms with Crippen molar-refractivity contribution in [1.29, 1.82) is 0 Å². The van der Waals surface area contributed by atoms with Crippen LogP contribution in [-0.4, -0.2) is 6.54 Å². The minimum absolute atomic E-state index is 0.751. The maximum absolute atomic E-state index is 2.48. The summed E-state index contributed by atoms with van der Waals surface area (Å²) in [5, 5.41) is 0. The molecule has 2 aromatic carbocycles. The van der Waals surface area contributed by atoms with Crippen molar-refractivity contribution < 1.29 is 0 Å². The fraction of sp³-hybridized carbons (Fsp3) is 0.429. The minimum Gasteiger partial charge on any atom is -0.341 e. The quantitative estimate of drug-likeness (QED) is 0.548. The van der Waals surface area contributed by atoms with Gasteiger partial charge in [0.05, 0.1) is 0 Å². The van der Waals surface area contributed by atoms with Crippen LogP contribution in [0.25, 0.3) is 0 Å². The van der Waals surface area contributed by atoms with Gasteiger partial charge in [0.1, 0.15) is 0 Å². The van der Waals surface area contributed by atoms with Crippen molar-refractivity contribution in [3.8, 4) is 0 Å². The van der Waals surface area contributed by atoms with Gasteiger partial charge in [0.25, 0.3) is 0 Å². The summed E-state index contributed by atoms with van der Waals surface area (Å²) in [5.74, 6) is 0.751. The number of unbranched alkanes of at least 4 members (excludes halogenated alkanes) is 1. The zero-order valence-corrected chi connectivity index (χ0v) is 14.3. The Morgan fingerprint density at radius 1 is 0.864 bits per heavy atom. The Balaban J connectivity index is 2.23. The van der Waals surface area contributed by atoms with Gasteiger partial charge in [-0.05, 0) is 43.5 Å². The lowest BCUT2D eigenvalue weighted by molar-refractivity contribution is 0.458. The molecule has 1 unspecified atom stereocenters. The Bertz CT molecular complexity index is 530. The summed E-state index contributed by atoms with van der Waals surface area (Å²) in [6, 6.07) is 19.7. The third kappa shape index (κ3) is 4.62. The predicted octanol–water partition coefficient (Wildman–Crippen LogP) is 6.35. The molecule has 0 fully saturated rings. The van der Waals surface area contributed by atoms with Gasteiger partial charge in [0.15, 0.2) is 0 Å². The Labute approximate surface area is 136 Å². The maximum Gasteiger partial charge on any atom is 0.0410 e. The van der Waals surface area contributed by atoms with Crippen molar-refractivity contribution in [1.82, 2.24) is 0 Å². The fourth-order valence-electron chi connectivity index (χ4n) is 2.87. The van der Waals surface area contributed by atoms with Crippen LogP contribution < -0.4 is 4.90 Å². The molecule has 1 atom stereocenters. The molecule has 0 aromatic heterocycles. The number of nitrogens with zero attached hydrogens (tertiary/aromatic N) is 1. The van der Waals surface area contributed by atoms with E-state index >= 15 is 0 Å². The van der Waals surface area contributed by atoms with E-state index in [4.69, 9.17) is 0 Å². The van der Waals surface area contributed by atoms with Crippen molar-refractivity contribution in [2.75, 3.05) is 11.4 Å². The summed E-state index contributed by atoms with van der Waals surface area (Å²) in [6.45, 7) is 7.84. The molecular formula is C21H29N. The zero-order valence-electron chi connectivity index (χ0n) is 14.3. The molecule has 0 radical (unpaired) electrons. The monoisotopic (exact) mass is 295 g/mol. The highest BCUT2D eigenvalue weighted by atomic mass is 15.1. The van der Waals surface area contributed by atoms with Crippen LogP contribution >= 0.6 is 0 Å². The summed E-state index contributed by atoms with van der Waals surface area (Å²) >= 11 is 0. The molecule has 2 rings (SSSR count). The van der Waals surface area contributed by atoms with E-state index in [2.05, 4.69) is 80.3 Å². The van der Waals surface area contributed by atoms with E-state index < -0.39 is 0 Å². The predicted molar refractivity (Wildman–Crippen MR) is 97.9 cm³/mol. The molecule has 0 amide bonds. The molecule has 0 bridgehead atoms. The minimum atomic E-state index is 0.751. The van der Waals surface area contributed by atoms with Gasteiger partial charge in [-0.25, -0.2) is 0 Å². The normalized spacial score (nSPS) is 12.1. The van der Waals surface area contributed by atoms with E-state index in [-0.39, 0.29) is 0 Å². The molecule has 1 heteroatoms. The van der Waals surface area contributed by atoms with Crippen molar-refractivity contribution in [3.63, 3.8) is 0 Å². The van der Waals surface area contributed by atoms with Crippen LogP contribution in [0.4, 0.5) is 11.4 Å². The summed E-state index contributed by atoms with van der Waals surface area (Å²) in [7, 11) is 0. The van der Waals surface area contributed by atoms with Crippen molar-refractivity contribution in [2.45, 2.75) is 46.5 Å². The van der Waals surface area contributed by atoms with Crippen LogP contribution in [0.1, 0.15) is 45.1 Å². The summed E-state index contributed by atoms with van der Waals surface area (Å²) in [6.07, 6.45) is 5.18. The number of benzene rings is 2. The lowest BCUT2D eigenvalue weighted by Crippen LogP contribution is -2.25. The Morgan fingerprint density at radius 2 is 1.50 bits per heavy atom. The van der Waals surface area contributed by atoms with Gasteiger partial charge in [0.2, 0.25) is 0 Å². The van der Waals surface area contributed by atoms with Crippen molar-refractivity contribution in [2.24, 2.45) is 5.92 Å². The molecule has 22 heavy (non-hydrogen) atoms.